The van der Waals surface area contributed by atoms with Gasteiger partial charge < -0.3 is 10.2 Å². The summed E-state index contributed by atoms with van der Waals surface area (Å²) in [5.74, 6) is 0. The molecule has 0 bridgehead atoms. The van der Waals surface area contributed by atoms with Crippen molar-refractivity contribution in [1.82, 2.24) is 15.1 Å². The number of hydrogen-bond donors (Lipinski definition) is 1. The highest BCUT2D eigenvalue weighted by molar-refractivity contribution is 5.73. The minimum atomic E-state index is 0.0262. The Bertz CT molecular complexity index is 185. The summed E-state index contributed by atoms with van der Waals surface area (Å²) >= 11 is 0. The maximum absolute atomic E-state index is 11.2. The van der Waals surface area contributed by atoms with Gasteiger partial charge in [0.2, 0.25) is 0 Å². The molecule has 0 spiro atoms. The van der Waals surface area contributed by atoms with Gasteiger partial charge in [0.05, 0.1) is 0 Å². The third-order valence-corrected chi connectivity index (χ3v) is 2.26. The van der Waals surface area contributed by atoms with E-state index in [-0.39, 0.29) is 6.03 Å². The fraction of sp³-hybridized carbons (Fsp3) is 0.667. The lowest BCUT2D eigenvalue weighted by Gasteiger charge is -2.33. The molecule has 0 aromatic carbocycles. The molecule has 0 unspecified atom stereocenters. The zero-order valence-corrected chi connectivity index (χ0v) is 8.12. The molecule has 1 N–H and O–H groups in total. The highest BCUT2D eigenvalue weighted by Crippen LogP contribution is 2.01. The molecule has 0 atom stereocenters. The first-order valence-electron chi connectivity index (χ1n) is 4.58. The molecular formula is C9H17N3O. The van der Waals surface area contributed by atoms with Gasteiger partial charge in [-0.1, -0.05) is 6.08 Å². The van der Waals surface area contributed by atoms with E-state index in [1.807, 2.05) is 11.0 Å². The molecule has 0 aliphatic carbocycles. The largest absolute Gasteiger partial charge is 0.341 e. The Morgan fingerprint density at radius 1 is 1.46 bits per heavy atom. The van der Waals surface area contributed by atoms with Crippen molar-refractivity contribution in [3.63, 3.8) is 0 Å². The first-order valence-corrected chi connectivity index (χ1v) is 4.58. The monoisotopic (exact) mass is 183 g/mol. The van der Waals surface area contributed by atoms with E-state index in [0.29, 0.717) is 0 Å². The van der Waals surface area contributed by atoms with E-state index in [4.69, 9.17) is 0 Å². The van der Waals surface area contributed by atoms with Gasteiger partial charge in [-0.3, -0.25) is 4.90 Å². The Morgan fingerprint density at radius 3 is 2.54 bits per heavy atom. The average molecular weight is 183 g/mol. The van der Waals surface area contributed by atoms with Crippen molar-refractivity contribution in [1.29, 1.82) is 0 Å². The summed E-state index contributed by atoms with van der Waals surface area (Å²) in [7, 11) is 1.67. The number of urea groups is 1. The van der Waals surface area contributed by atoms with Crippen molar-refractivity contribution in [3.05, 3.63) is 12.7 Å². The number of carbonyl (C=O) groups is 1. The lowest BCUT2D eigenvalue weighted by Crippen LogP contribution is -2.51. The highest BCUT2D eigenvalue weighted by Gasteiger charge is 2.18. The quantitative estimate of drug-likeness (QED) is 0.618. The molecule has 2 amide bonds. The molecule has 1 fully saturated rings. The first-order chi connectivity index (χ1) is 6.27. The number of piperazine rings is 1. The van der Waals surface area contributed by atoms with Crippen LogP contribution in [0.3, 0.4) is 0 Å². The van der Waals surface area contributed by atoms with Crippen LogP contribution in [0.1, 0.15) is 0 Å². The predicted molar refractivity (Wildman–Crippen MR) is 52.7 cm³/mol. The summed E-state index contributed by atoms with van der Waals surface area (Å²) in [6.45, 7) is 8.12. The Hall–Kier alpha value is -1.03. The zero-order valence-electron chi connectivity index (χ0n) is 8.12. The molecule has 1 aliphatic heterocycles. The van der Waals surface area contributed by atoms with Gasteiger partial charge in [0.25, 0.3) is 0 Å². The van der Waals surface area contributed by atoms with Crippen LogP contribution in [0.5, 0.6) is 0 Å². The molecular weight excluding hydrogens is 166 g/mol. The van der Waals surface area contributed by atoms with Gasteiger partial charge in [-0.05, 0) is 0 Å². The second kappa shape index (κ2) is 4.87. The van der Waals surface area contributed by atoms with E-state index in [1.165, 1.54) is 0 Å². The van der Waals surface area contributed by atoms with Crippen LogP contribution in [0.2, 0.25) is 0 Å². The molecule has 1 saturated heterocycles. The molecule has 0 saturated carbocycles. The standard InChI is InChI=1S/C9H17N3O/c1-3-4-11-5-7-12(8-6-11)9(13)10-2/h3H,1,4-8H2,2H3,(H,10,13). The Balaban J connectivity index is 2.30. The fourth-order valence-electron chi connectivity index (χ4n) is 1.47. The molecule has 0 aromatic heterocycles. The van der Waals surface area contributed by atoms with Crippen LogP contribution in [-0.2, 0) is 0 Å². The molecule has 74 valence electrons. The molecule has 4 nitrogen and oxygen atoms in total. The van der Waals surface area contributed by atoms with E-state index in [0.717, 1.165) is 32.7 Å². The summed E-state index contributed by atoms with van der Waals surface area (Å²) < 4.78 is 0. The maximum Gasteiger partial charge on any atom is 0.317 e. The van der Waals surface area contributed by atoms with Gasteiger partial charge in [-0.25, -0.2) is 4.79 Å². The number of nitrogens with zero attached hydrogens (tertiary/aromatic N) is 2. The summed E-state index contributed by atoms with van der Waals surface area (Å²) in [5, 5.41) is 2.63. The van der Waals surface area contributed by atoms with Gasteiger partial charge in [0, 0.05) is 39.8 Å². The molecule has 1 aliphatic rings. The Kier molecular flexibility index (Phi) is 3.76. The van der Waals surface area contributed by atoms with Crippen LogP contribution >= 0.6 is 0 Å². The van der Waals surface area contributed by atoms with Gasteiger partial charge in [-0.15, -0.1) is 6.58 Å². The van der Waals surface area contributed by atoms with Crippen molar-refractivity contribution in [2.45, 2.75) is 0 Å². The fourth-order valence-corrected chi connectivity index (χ4v) is 1.47. The third kappa shape index (κ3) is 2.73. The normalized spacial score (nSPS) is 18.4. The number of rotatable bonds is 2. The van der Waals surface area contributed by atoms with E-state index in [2.05, 4.69) is 16.8 Å². The SMILES string of the molecule is C=CCN1CCN(C(=O)NC)CC1. The molecule has 0 aromatic rings. The maximum atomic E-state index is 11.2. The number of hydrogen-bond acceptors (Lipinski definition) is 2. The summed E-state index contributed by atoms with van der Waals surface area (Å²) in [5.41, 5.74) is 0. The average Bonchev–Trinajstić information content (AvgIpc) is 2.18. The number of nitrogens with one attached hydrogen (secondary N) is 1. The van der Waals surface area contributed by atoms with Crippen molar-refractivity contribution in [3.8, 4) is 0 Å². The molecule has 13 heavy (non-hydrogen) atoms. The van der Waals surface area contributed by atoms with Gasteiger partial charge >= 0.3 is 6.03 Å². The predicted octanol–water partition coefficient (Wildman–Crippen LogP) is 0.129. The number of amides is 2. The van der Waals surface area contributed by atoms with Gasteiger partial charge in [0.15, 0.2) is 0 Å². The molecule has 4 heteroatoms. The van der Waals surface area contributed by atoms with Gasteiger partial charge in [-0.2, -0.15) is 0 Å². The zero-order chi connectivity index (χ0) is 9.68. The minimum Gasteiger partial charge on any atom is -0.341 e. The molecule has 0 radical (unpaired) electrons. The van der Waals surface area contributed by atoms with E-state index < -0.39 is 0 Å². The van der Waals surface area contributed by atoms with E-state index in [9.17, 15) is 4.79 Å². The second-order valence-electron chi connectivity index (χ2n) is 3.13. The van der Waals surface area contributed by atoms with Crippen LogP contribution in [-0.4, -0.2) is 55.6 Å². The first kappa shape index (κ1) is 10.1. The van der Waals surface area contributed by atoms with Gasteiger partial charge in [0.1, 0.15) is 0 Å². The summed E-state index contributed by atoms with van der Waals surface area (Å²) in [6, 6.07) is 0.0262. The lowest BCUT2D eigenvalue weighted by molar-refractivity contribution is 0.148. The second-order valence-corrected chi connectivity index (χ2v) is 3.13. The smallest absolute Gasteiger partial charge is 0.317 e. The highest BCUT2D eigenvalue weighted by atomic mass is 16.2. The van der Waals surface area contributed by atoms with E-state index >= 15 is 0 Å². The minimum absolute atomic E-state index is 0.0262. The Labute approximate surface area is 79.2 Å². The third-order valence-electron chi connectivity index (χ3n) is 2.26. The topological polar surface area (TPSA) is 35.6 Å². The van der Waals surface area contributed by atoms with Crippen LogP contribution in [0, 0.1) is 0 Å². The number of carbonyl (C=O) groups excluding carboxylic acids is 1. The van der Waals surface area contributed by atoms with E-state index in [1.54, 1.807) is 7.05 Å². The summed E-state index contributed by atoms with van der Waals surface area (Å²) in [4.78, 5) is 15.3. The van der Waals surface area contributed by atoms with Crippen molar-refractivity contribution in [2.75, 3.05) is 39.8 Å². The van der Waals surface area contributed by atoms with Crippen LogP contribution < -0.4 is 5.32 Å². The van der Waals surface area contributed by atoms with Crippen LogP contribution in [0.4, 0.5) is 4.79 Å². The van der Waals surface area contributed by atoms with Crippen LogP contribution in [0.15, 0.2) is 12.7 Å². The van der Waals surface area contributed by atoms with Crippen molar-refractivity contribution in [2.24, 2.45) is 0 Å². The van der Waals surface area contributed by atoms with Crippen LogP contribution in [0.25, 0.3) is 0 Å². The Morgan fingerprint density at radius 2 is 2.08 bits per heavy atom. The summed E-state index contributed by atoms with van der Waals surface area (Å²) in [6.07, 6.45) is 1.90. The van der Waals surface area contributed by atoms with Crippen molar-refractivity contribution < 1.29 is 4.79 Å². The van der Waals surface area contributed by atoms with Crippen molar-refractivity contribution >= 4 is 6.03 Å². The molecule has 1 rings (SSSR count). The lowest BCUT2D eigenvalue weighted by atomic mass is 10.3. The molecule has 1 heterocycles.